The first-order valence-corrected chi connectivity index (χ1v) is 11.0. The maximum Gasteiger partial charge on any atom is 0.338 e. The van der Waals surface area contributed by atoms with Gasteiger partial charge in [-0.2, -0.15) is 0 Å². The molecule has 10 heteroatoms. The van der Waals surface area contributed by atoms with E-state index in [2.05, 4.69) is 10.6 Å². The summed E-state index contributed by atoms with van der Waals surface area (Å²) in [6.45, 7) is 4.20. The minimum atomic E-state index is -0.865. The first kappa shape index (κ1) is 24.7. The molecule has 182 valence electrons. The normalized spacial score (nSPS) is 15.2. The number of carbonyl (C=O) groups is 3. The molecule has 0 saturated heterocycles. The van der Waals surface area contributed by atoms with Crippen molar-refractivity contribution in [2.75, 3.05) is 26.4 Å². The van der Waals surface area contributed by atoms with Gasteiger partial charge in [-0.25, -0.2) is 9.59 Å². The topological polar surface area (TPSA) is 125 Å². The van der Waals surface area contributed by atoms with Gasteiger partial charge >= 0.3 is 18.0 Å². The average Bonchev–Trinajstić information content (AvgIpc) is 3.36. The Labute approximate surface area is 197 Å². The molecule has 2 aromatic rings. The van der Waals surface area contributed by atoms with Crippen molar-refractivity contribution in [3.63, 3.8) is 0 Å². The Morgan fingerprint density at radius 2 is 1.76 bits per heavy atom. The number of para-hydroxylation sites is 2. The molecule has 0 aliphatic carbocycles. The van der Waals surface area contributed by atoms with Crippen molar-refractivity contribution in [1.29, 1.82) is 0 Å². The summed E-state index contributed by atoms with van der Waals surface area (Å²) < 4.78 is 27.0. The fourth-order valence-corrected chi connectivity index (χ4v) is 3.32. The van der Waals surface area contributed by atoms with Gasteiger partial charge in [-0.05, 0) is 44.5 Å². The molecular weight excluding hydrogens is 444 g/mol. The summed E-state index contributed by atoms with van der Waals surface area (Å²) in [5.74, 6) is 0.442. The Bertz CT molecular complexity index is 1020. The number of ether oxygens (including phenoxy) is 4. The molecule has 2 N–H and O–H groups in total. The summed E-state index contributed by atoms with van der Waals surface area (Å²) in [4.78, 5) is 37.0. The van der Waals surface area contributed by atoms with Gasteiger partial charge in [0.2, 0.25) is 0 Å². The molecule has 1 aliphatic heterocycles. The summed E-state index contributed by atoms with van der Waals surface area (Å²) in [6, 6.07) is 9.14. The predicted octanol–water partition coefficient (Wildman–Crippen LogP) is 3.25. The first-order valence-electron chi connectivity index (χ1n) is 11.0. The molecule has 1 aromatic heterocycles. The van der Waals surface area contributed by atoms with Crippen LogP contribution in [0.5, 0.6) is 11.5 Å². The summed E-state index contributed by atoms with van der Waals surface area (Å²) in [7, 11) is 0. The van der Waals surface area contributed by atoms with Gasteiger partial charge in [0.15, 0.2) is 11.5 Å². The van der Waals surface area contributed by atoms with Crippen molar-refractivity contribution in [2.45, 2.75) is 32.7 Å². The van der Waals surface area contributed by atoms with Crippen LogP contribution in [0, 0.1) is 0 Å². The van der Waals surface area contributed by atoms with Gasteiger partial charge < -0.3 is 34.0 Å². The third-order valence-corrected chi connectivity index (χ3v) is 4.79. The van der Waals surface area contributed by atoms with Gasteiger partial charge in [0.1, 0.15) is 18.4 Å². The molecule has 0 fully saturated rings. The molecule has 10 nitrogen and oxygen atoms in total. The number of benzene rings is 1. The molecule has 0 bridgehead atoms. The number of furan rings is 1. The summed E-state index contributed by atoms with van der Waals surface area (Å²) in [6.07, 6.45) is 1.93. The van der Waals surface area contributed by atoms with E-state index >= 15 is 0 Å². The van der Waals surface area contributed by atoms with E-state index in [1.807, 2.05) is 25.1 Å². The molecule has 0 radical (unpaired) electrons. The van der Waals surface area contributed by atoms with Gasteiger partial charge in [0.05, 0.1) is 37.4 Å². The molecule has 1 atom stereocenters. The minimum absolute atomic E-state index is 0.0899. The second kappa shape index (κ2) is 12.3. The molecule has 2 amide bonds. The molecule has 0 spiro atoms. The third kappa shape index (κ3) is 6.53. The molecule has 1 aliphatic rings. The van der Waals surface area contributed by atoms with Crippen LogP contribution >= 0.6 is 0 Å². The zero-order valence-electron chi connectivity index (χ0n) is 19.1. The van der Waals surface area contributed by atoms with E-state index in [0.717, 1.165) is 0 Å². The van der Waals surface area contributed by atoms with Crippen molar-refractivity contribution in [2.24, 2.45) is 0 Å². The molecule has 2 heterocycles. The van der Waals surface area contributed by atoms with E-state index in [4.69, 9.17) is 23.4 Å². The number of esters is 2. The Morgan fingerprint density at radius 1 is 1.00 bits per heavy atom. The number of amides is 2. The highest BCUT2D eigenvalue weighted by Gasteiger charge is 2.35. The van der Waals surface area contributed by atoms with Crippen LogP contribution in [0.3, 0.4) is 0 Å². The van der Waals surface area contributed by atoms with Crippen molar-refractivity contribution < 1.29 is 37.7 Å². The zero-order valence-corrected chi connectivity index (χ0v) is 19.1. The lowest BCUT2D eigenvalue weighted by molar-refractivity contribution is -0.144. The predicted molar refractivity (Wildman–Crippen MR) is 120 cm³/mol. The molecule has 34 heavy (non-hydrogen) atoms. The van der Waals surface area contributed by atoms with E-state index < -0.39 is 24.0 Å². The van der Waals surface area contributed by atoms with E-state index in [1.54, 1.807) is 25.1 Å². The Hall–Kier alpha value is -3.95. The first-order chi connectivity index (χ1) is 16.5. The second-order valence-corrected chi connectivity index (χ2v) is 7.15. The van der Waals surface area contributed by atoms with Gasteiger partial charge in [0.25, 0.3) is 0 Å². The van der Waals surface area contributed by atoms with Gasteiger partial charge in [-0.1, -0.05) is 12.1 Å². The molecule has 0 saturated carbocycles. The van der Waals surface area contributed by atoms with Crippen LogP contribution in [-0.2, 0) is 19.1 Å². The van der Waals surface area contributed by atoms with Crippen molar-refractivity contribution in [3.05, 3.63) is 59.7 Å². The van der Waals surface area contributed by atoms with Crippen LogP contribution in [0.2, 0.25) is 0 Å². The van der Waals surface area contributed by atoms with Crippen molar-refractivity contribution in [1.82, 2.24) is 10.6 Å². The monoisotopic (exact) mass is 472 g/mol. The largest absolute Gasteiger partial charge is 0.490 e. The highest BCUT2D eigenvalue weighted by molar-refractivity contribution is 5.95. The SMILES string of the molecule is CCOC(=O)C1=C(COC(=O)CCCOc2ccccc2OCC)NC(=O)NC1c1ccco1. The zero-order chi connectivity index (χ0) is 24.3. The van der Waals surface area contributed by atoms with Crippen LogP contribution in [0.25, 0.3) is 0 Å². The van der Waals surface area contributed by atoms with E-state index in [0.29, 0.717) is 30.3 Å². The van der Waals surface area contributed by atoms with E-state index in [9.17, 15) is 14.4 Å². The van der Waals surface area contributed by atoms with Crippen LogP contribution in [0.1, 0.15) is 38.5 Å². The third-order valence-electron chi connectivity index (χ3n) is 4.79. The standard InChI is InChI=1S/C24H28N2O8/c1-3-30-17-9-5-6-10-18(17)32-14-8-12-20(27)34-15-16-21(23(28)31-4-2)22(26-24(29)25-16)19-11-7-13-33-19/h5-7,9-11,13,22H,3-4,8,12,14-15H2,1-2H3,(H2,25,26,29). The van der Waals surface area contributed by atoms with Gasteiger partial charge in [0, 0.05) is 6.42 Å². The van der Waals surface area contributed by atoms with Crippen LogP contribution in [0.4, 0.5) is 4.79 Å². The smallest absolute Gasteiger partial charge is 0.338 e. The highest BCUT2D eigenvalue weighted by Crippen LogP contribution is 2.28. The van der Waals surface area contributed by atoms with Crippen molar-refractivity contribution in [3.8, 4) is 11.5 Å². The maximum atomic E-state index is 12.6. The molecular formula is C24H28N2O8. The number of hydrogen-bond acceptors (Lipinski definition) is 8. The lowest BCUT2D eigenvalue weighted by Crippen LogP contribution is -2.47. The number of rotatable bonds is 12. The molecule has 3 rings (SSSR count). The van der Waals surface area contributed by atoms with Crippen LogP contribution < -0.4 is 20.1 Å². The van der Waals surface area contributed by atoms with Gasteiger partial charge in [-0.15, -0.1) is 0 Å². The maximum absolute atomic E-state index is 12.6. The lowest BCUT2D eigenvalue weighted by atomic mass is 10.0. The molecule has 1 unspecified atom stereocenters. The van der Waals surface area contributed by atoms with Gasteiger partial charge in [-0.3, -0.25) is 4.79 Å². The Kier molecular flexibility index (Phi) is 8.96. The van der Waals surface area contributed by atoms with Crippen LogP contribution in [0.15, 0.2) is 58.3 Å². The number of carbonyl (C=O) groups excluding carboxylic acids is 3. The lowest BCUT2D eigenvalue weighted by Gasteiger charge is -2.27. The fraction of sp³-hybridized carbons (Fsp3) is 0.375. The quantitative estimate of drug-likeness (QED) is 0.356. The Balaban J connectivity index is 1.58. The van der Waals surface area contributed by atoms with Crippen molar-refractivity contribution >= 4 is 18.0 Å². The number of hydrogen-bond donors (Lipinski definition) is 2. The number of urea groups is 1. The van der Waals surface area contributed by atoms with E-state index in [-0.39, 0.29) is 37.5 Å². The van der Waals surface area contributed by atoms with E-state index in [1.165, 1.54) is 6.26 Å². The summed E-state index contributed by atoms with van der Waals surface area (Å²) in [5.41, 5.74) is 0.249. The molecule has 1 aromatic carbocycles. The summed E-state index contributed by atoms with van der Waals surface area (Å²) >= 11 is 0. The Morgan fingerprint density at radius 3 is 2.44 bits per heavy atom. The minimum Gasteiger partial charge on any atom is -0.490 e. The second-order valence-electron chi connectivity index (χ2n) is 7.15. The highest BCUT2D eigenvalue weighted by atomic mass is 16.5. The number of nitrogens with one attached hydrogen (secondary N) is 2. The fourth-order valence-electron chi connectivity index (χ4n) is 3.32. The van der Waals surface area contributed by atoms with Crippen LogP contribution in [-0.4, -0.2) is 44.4 Å². The average molecular weight is 472 g/mol. The summed E-state index contributed by atoms with van der Waals surface area (Å²) in [5, 5.41) is 5.16.